The molecule has 4 rings (SSSR count). The second kappa shape index (κ2) is 8.93. The fourth-order valence-electron chi connectivity index (χ4n) is 2.83. The lowest BCUT2D eigenvalue weighted by Gasteiger charge is -2.05. The molecule has 1 N–H and O–H groups in total. The Morgan fingerprint density at radius 1 is 1.16 bits per heavy atom. The summed E-state index contributed by atoms with van der Waals surface area (Å²) in [6.07, 6.45) is 1.32. The molecule has 0 spiro atoms. The number of carbonyl (C=O) groups excluding carboxylic acids is 1. The Kier molecular flexibility index (Phi) is 5.72. The van der Waals surface area contributed by atoms with Gasteiger partial charge in [0.25, 0.3) is 11.6 Å². The van der Waals surface area contributed by atoms with Gasteiger partial charge in [-0.1, -0.05) is 0 Å². The van der Waals surface area contributed by atoms with E-state index in [2.05, 4.69) is 5.32 Å². The van der Waals surface area contributed by atoms with Crippen molar-refractivity contribution in [1.29, 1.82) is 5.26 Å². The minimum atomic E-state index is -0.605. The van der Waals surface area contributed by atoms with Crippen LogP contribution in [0.5, 0.6) is 17.2 Å². The van der Waals surface area contributed by atoms with E-state index in [-0.39, 0.29) is 24.7 Å². The molecule has 1 aromatic heterocycles. The number of fused-ring (bicyclic) bond motifs is 1. The summed E-state index contributed by atoms with van der Waals surface area (Å²) in [5.41, 5.74) is 0.266. The smallest absolute Gasteiger partial charge is 0.269 e. The quantitative estimate of drug-likeness (QED) is 0.255. The zero-order valence-electron chi connectivity index (χ0n) is 16.4. The Balaban J connectivity index is 1.38. The average Bonchev–Trinajstić information content (AvgIpc) is 3.45. The maximum Gasteiger partial charge on any atom is 0.269 e. The van der Waals surface area contributed by atoms with Crippen LogP contribution in [0.1, 0.15) is 11.5 Å². The number of anilines is 1. The number of nitriles is 1. The highest BCUT2D eigenvalue weighted by molar-refractivity contribution is 6.09. The van der Waals surface area contributed by atoms with Crippen LogP contribution in [0.4, 0.5) is 11.4 Å². The third-order valence-electron chi connectivity index (χ3n) is 4.39. The molecule has 0 saturated carbocycles. The van der Waals surface area contributed by atoms with Crippen LogP contribution in [0.3, 0.4) is 0 Å². The number of non-ortho nitro benzene ring substituents is 1. The van der Waals surface area contributed by atoms with Gasteiger partial charge in [-0.15, -0.1) is 0 Å². The van der Waals surface area contributed by atoms with Gasteiger partial charge in [-0.3, -0.25) is 14.9 Å². The zero-order chi connectivity index (χ0) is 22.5. The molecule has 2 heterocycles. The zero-order valence-corrected chi connectivity index (χ0v) is 16.4. The van der Waals surface area contributed by atoms with Crippen molar-refractivity contribution in [3.8, 4) is 23.3 Å². The predicted octanol–water partition coefficient (Wildman–Crippen LogP) is 4.04. The molecular weight excluding hydrogens is 418 g/mol. The number of nitrogens with one attached hydrogen (secondary N) is 1. The lowest BCUT2D eigenvalue weighted by Crippen LogP contribution is -2.13. The van der Waals surface area contributed by atoms with Crippen molar-refractivity contribution in [2.45, 2.75) is 6.61 Å². The summed E-state index contributed by atoms with van der Waals surface area (Å²) in [5.74, 6) is 1.66. The van der Waals surface area contributed by atoms with E-state index in [9.17, 15) is 20.2 Å². The summed E-state index contributed by atoms with van der Waals surface area (Å²) in [6.45, 7) is 0.182. The van der Waals surface area contributed by atoms with E-state index >= 15 is 0 Å². The summed E-state index contributed by atoms with van der Waals surface area (Å²) in [6, 6.07) is 15.6. The number of hydrogen-bond acceptors (Lipinski definition) is 8. The van der Waals surface area contributed by atoms with E-state index in [0.717, 1.165) is 0 Å². The first-order valence-corrected chi connectivity index (χ1v) is 9.30. The molecular formula is C22H15N3O7. The van der Waals surface area contributed by atoms with Crippen molar-refractivity contribution in [1.82, 2.24) is 0 Å². The molecule has 0 unspecified atom stereocenters. The minimum Gasteiger partial charge on any atom is -0.486 e. The fourth-order valence-corrected chi connectivity index (χ4v) is 2.83. The highest BCUT2D eigenvalue weighted by atomic mass is 16.7. The average molecular weight is 433 g/mol. The van der Waals surface area contributed by atoms with Crippen molar-refractivity contribution in [3.63, 3.8) is 0 Å². The highest BCUT2D eigenvalue weighted by Crippen LogP contribution is 2.34. The van der Waals surface area contributed by atoms with Crippen molar-refractivity contribution in [3.05, 3.63) is 81.8 Å². The summed E-state index contributed by atoms with van der Waals surface area (Å²) in [5, 5.41) is 22.7. The first-order chi connectivity index (χ1) is 15.5. The van der Waals surface area contributed by atoms with Crippen LogP contribution in [-0.4, -0.2) is 17.6 Å². The van der Waals surface area contributed by atoms with Crippen molar-refractivity contribution >= 4 is 23.4 Å². The molecule has 32 heavy (non-hydrogen) atoms. The van der Waals surface area contributed by atoms with E-state index < -0.39 is 10.8 Å². The Morgan fingerprint density at radius 2 is 1.94 bits per heavy atom. The van der Waals surface area contributed by atoms with Gasteiger partial charge in [-0.05, 0) is 36.4 Å². The van der Waals surface area contributed by atoms with Crippen LogP contribution >= 0.6 is 0 Å². The number of amides is 1. The van der Waals surface area contributed by atoms with Crippen molar-refractivity contribution in [2.24, 2.45) is 0 Å². The van der Waals surface area contributed by atoms with E-state index in [1.54, 1.807) is 30.3 Å². The third-order valence-corrected chi connectivity index (χ3v) is 4.39. The van der Waals surface area contributed by atoms with Gasteiger partial charge in [0, 0.05) is 30.0 Å². The fraction of sp³-hybridized carbons (Fsp3) is 0.0909. The van der Waals surface area contributed by atoms with Crippen LogP contribution < -0.4 is 19.5 Å². The largest absolute Gasteiger partial charge is 0.486 e. The number of carbonyl (C=O) groups is 1. The SMILES string of the molecule is N#C/C(=C/c1ccc(COc2ccc([N+](=O)[O-])cc2)o1)C(=O)Nc1ccc2c(c1)OCO2. The van der Waals surface area contributed by atoms with Gasteiger partial charge in [0.05, 0.1) is 4.92 Å². The van der Waals surface area contributed by atoms with E-state index in [4.69, 9.17) is 18.6 Å². The first kappa shape index (κ1) is 20.5. The maximum absolute atomic E-state index is 12.5. The standard InChI is InChI=1S/C22H15N3O7/c23-11-14(22(26)24-15-1-8-20-21(10-15)31-13-30-20)9-18-6-7-19(32-18)12-29-17-4-2-16(3-5-17)25(27)28/h1-10H,12-13H2,(H,24,26)/b14-9-. The molecule has 10 heteroatoms. The van der Waals surface area contributed by atoms with E-state index in [1.165, 1.54) is 30.3 Å². The number of furan rings is 1. The van der Waals surface area contributed by atoms with E-state index in [1.807, 2.05) is 6.07 Å². The molecule has 0 atom stereocenters. The second-order valence-electron chi connectivity index (χ2n) is 6.54. The monoisotopic (exact) mass is 433 g/mol. The molecule has 0 bridgehead atoms. The molecule has 0 aliphatic carbocycles. The second-order valence-corrected chi connectivity index (χ2v) is 6.54. The molecule has 1 aliphatic rings. The van der Waals surface area contributed by atoms with Crippen molar-refractivity contribution in [2.75, 3.05) is 12.1 Å². The Hall–Kier alpha value is -4.78. The molecule has 0 saturated heterocycles. The number of rotatable bonds is 7. The summed E-state index contributed by atoms with van der Waals surface area (Å²) < 4.78 is 21.6. The number of ether oxygens (including phenoxy) is 3. The highest BCUT2D eigenvalue weighted by Gasteiger charge is 2.16. The molecule has 3 aromatic rings. The van der Waals surface area contributed by atoms with Gasteiger partial charge in [-0.25, -0.2) is 0 Å². The van der Waals surface area contributed by atoms with Crippen LogP contribution in [0, 0.1) is 21.4 Å². The Bertz CT molecular complexity index is 1240. The third kappa shape index (κ3) is 4.68. The normalized spacial score (nSPS) is 12.2. The number of benzene rings is 2. The molecule has 0 fully saturated rings. The molecule has 2 aromatic carbocycles. The van der Waals surface area contributed by atoms with Crippen LogP contribution in [0.15, 0.2) is 64.6 Å². The first-order valence-electron chi connectivity index (χ1n) is 9.30. The number of hydrogen-bond donors (Lipinski definition) is 1. The molecule has 160 valence electrons. The minimum absolute atomic E-state index is 0.0363. The predicted molar refractivity (Wildman–Crippen MR) is 111 cm³/mol. The van der Waals surface area contributed by atoms with E-state index in [0.29, 0.717) is 34.5 Å². The van der Waals surface area contributed by atoms with Gasteiger partial charge >= 0.3 is 0 Å². The van der Waals surface area contributed by atoms with Gasteiger partial charge < -0.3 is 23.9 Å². The summed E-state index contributed by atoms with van der Waals surface area (Å²) in [4.78, 5) is 22.6. The van der Waals surface area contributed by atoms with Crippen LogP contribution in [-0.2, 0) is 11.4 Å². The number of nitro benzene ring substituents is 1. The van der Waals surface area contributed by atoms with Gasteiger partial charge in [0.15, 0.2) is 11.5 Å². The molecule has 10 nitrogen and oxygen atoms in total. The Morgan fingerprint density at radius 3 is 2.69 bits per heavy atom. The molecule has 1 aliphatic heterocycles. The molecule has 0 radical (unpaired) electrons. The lowest BCUT2D eigenvalue weighted by atomic mass is 10.2. The molecule has 1 amide bonds. The Labute approximate surface area is 181 Å². The summed E-state index contributed by atoms with van der Waals surface area (Å²) >= 11 is 0. The van der Waals surface area contributed by atoms with Crippen LogP contribution in [0.2, 0.25) is 0 Å². The van der Waals surface area contributed by atoms with Gasteiger partial charge in [0.2, 0.25) is 6.79 Å². The van der Waals surface area contributed by atoms with Gasteiger partial charge in [-0.2, -0.15) is 5.26 Å². The van der Waals surface area contributed by atoms with Crippen molar-refractivity contribution < 1.29 is 28.3 Å². The number of nitro groups is 1. The summed E-state index contributed by atoms with van der Waals surface area (Å²) in [7, 11) is 0. The van der Waals surface area contributed by atoms with Crippen LogP contribution in [0.25, 0.3) is 6.08 Å². The van der Waals surface area contributed by atoms with Gasteiger partial charge in [0.1, 0.15) is 35.5 Å². The number of nitrogens with zero attached hydrogens (tertiary/aromatic N) is 2. The topological polar surface area (TPSA) is 137 Å². The maximum atomic E-state index is 12.5. The lowest BCUT2D eigenvalue weighted by molar-refractivity contribution is -0.384.